The van der Waals surface area contributed by atoms with Gasteiger partial charge in [-0.15, -0.1) is 11.6 Å². The molecule has 0 spiro atoms. The molecule has 5 heteroatoms. The summed E-state index contributed by atoms with van der Waals surface area (Å²) in [5, 5.41) is 5.84. The van der Waals surface area contributed by atoms with Gasteiger partial charge in [-0.3, -0.25) is 0 Å². The molecule has 1 atom stereocenters. The highest BCUT2D eigenvalue weighted by atomic mass is 35.5. The normalized spacial score (nSPS) is 16.7. The van der Waals surface area contributed by atoms with E-state index in [9.17, 15) is 0 Å². The summed E-state index contributed by atoms with van der Waals surface area (Å²) in [6.45, 7) is 5.72. The van der Waals surface area contributed by atoms with E-state index in [4.69, 9.17) is 26.2 Å². The SMILES string of the molecule is CC/C(=C(/c1ccc(OCCCl)cc1)c1ccc2c(cnn2C2CCCCO2)c1)c1ccccc1C. The fraction of sp³-hybridized carbons (Fsp3) is 0.323. The minimum Gasteiger partial charge on any atom is -0.492 e. The highest BCUT2D eigenvalue weighted by Crippen LogP contribution is 2.37. The molecule has 0 amide bonds. The number of hydrogen-bond acceptors (Lipinski definition) is 3. The lowest BCUT2D eigenvalue weighted by atomic mass is 9.86. The van der Waals surface area contributed by atoms with E-state index in [0.717, 1.165) is 48.1 Å². The number of allylic oxidation sites excluding steroid dienone is 1. The summed E-state index contributed by atoms with van der Waals surface area (Å²) in [6.07, 6.45) is 6.22. The molecule has 1 saturated heterocycles. The van der Waals surface area contributed by atoms with Crippen molar-refractivity contribution >= 4 is 33.7 Å². The third-order valence-corrected chi connectivity index (χ3v) is 7.08. The van der Waals surface area contributed by atoms with Crippen LogP contribution in [0.3, 0.4) is 0 Å². The van der Waals surface area contributed by atoms with E-state index in [0.29, 0.717) is 12.5 Å². The van der Waals surface area contributed by atoms with Crippen LogP contribution in [0.5, 0.6) is 5.75 Å². The molecule has 0 saturated carbocycles. The Kier molecular flexibility index (Phi) is 7.74. The second-order valence-electron chi connectivity index (χ2n) is 9.27. The Hall–Kier alpha value is -3.08. The van der Waals surface area contributed by atoms with Gasteiger partial charge in [0.1, 0.15) is 12.4 Å². The second-order valence-corrected chi connectivity index (χ2v) is 9.65. The Bertz CT molecular complexity index is 1350. The molecule has 2 heterocycles. The monoisotopic (exact) mass is 500 g/mol. The fourth-order valence-corrected chi connectivity index (χ4v) is 5.23. The number of aryl methyl sites for hydroxylation is 1. The Labute approximate surface area is 218 Å². The summed E-state index contributed by atoms with van der Waals surface area (Å²) < 4.78 is 13.8. The van der Waals surface area contributed by atoms with Crippen LogP contribution >= 0.6 is 11.6 Å². The Morgan fingerprint density at radius 3 is 2.58 bits per heavy atom. The highest BCUT2D eigenvalue weighted by molar-refractivity contribution is 6.18. The molecule has 1 unspecified atom stereocenters. The minimum absolute atomic E-state index is 0.0239. The predicted molar refractivity (Wildman–Crippen MR) is 149 cm³/mol. The molecule has 1 fully saturated rings. The maximum Gasteiger partial charge on any atom is 0.150 e. The first-order chi connectivity index (χ1) is 17.7. The van der Waals surface area contributed by atoms with Gasteiger partial charge in [0.25, 0.3) is 0 Å². The van der Waals surface area contributed by atoms with E-state index < -0.39 is 0 Å². The average molecular weight is 501 g/mol. The summed E-state index contributed by atoms with van der Waals surface area (Å²) in [4.78, 5) is 0. The van der Waals surface area contributed by atoms with Crippen molar-refractivity contribution in [1.29, 1.82) is 0 Å². The van der Waals surface area contributed by atoms with E-state index in [-0.39, 0.29) is 6.23 Å². The van der Waals surface area contributed by atoms with Crippen LogP contribution in [0.2, 0.25) is 0 Å². The highest BCUT2D eigenvalue weighted by Gasteiger charge is 2.20. The smallest absolute Gasteiger partial charge is 0.150 e. The van der Waals surface area contributed by atoms with Gasteiger partial charge in [-0.25, -0.2) is 4.68 Å². The van der Waals surface area contributed by atoms with Crippen molar-refractivity contribution in [2.75, 3.05) is 19.1 Å². The number of halogens is 1. The Morgan fingerprint density at radius 1 is 1.06 bits per heavy atom. The molecule has 0 N–H and O–H groups in total. The van der Waals surface area contributed by atoms with Crippen LogP contribution in [0, 0.1) is 6.92 Å². The quantitative estimate of drug-likeness (QED) is 0.181. The van der Waals surface area contributed by atoms with Crippen molar-refractivity contribution in [1.82, 2.24) is 9.78 Å². The number of hydrogen-bond donors (Lipinski definition) is 0. The lowest BCUT2D eigenvalue weighted by Crippen LogP contribution is -2.18. The van der Waals surface area contributed by atoms with E-state index in [1.807, 2.05) is 23.0 Å². The molecule has 0 radical (unpaired) electrons. The Morgan fingerprint density at radius 2 is 1.86 bits per heavy atom. The van der Waals surface area contributed by atoms with Crippen molar-refractivity contribution < 1.29 is 9.47 Å². The fourth-order valence-electron chi connectivity index (χ4n) is 5.16. The van der Waals surface area contributed by atoms with Gasteiger partial charge in [-0.1, -0.05) is 49.4 Å². The van der Waals surface area contributed by atoms with Crippen molar-refractivity contribution in [2.24, 2.45) is 0 Å². The third kappa shape index (κ3) is 5.07. The van der Waals surface area contributed by atoms with Crippen molar-refractivity contribution in [2.45, 2.75) is 45.8 Å². The van der Waals surface area contributed by atoms with Crippen LogP contribution in [0.15, 0.2) is 72.9 Å². The van der Waals surface area contributed by atoms with Gasteiger partial charge in [0, 0.05) is 12.0 Å². The van der Waals surface area contributed by atoms with Gasteiger partial charge in [-0.05, 0) is 90.3 Å². The molecule has 36 heavy (non-hydrogen) atoms. The molecule has 0 aliphatic carbocycles. The lowest BCUT2D eigenvalue weighted by molar-refractivity contribution is -0.0366. The molecule has 5 rings (SSSR count). The number of aromatic nitrogens is 2. The number of benzene rings is 3. The Balaban J connectivity index is 1.63. The molecule has 186 valence electrons. The lowest BCUT2D eigenvalue weighted by Gasteiger charge is -2.23. The van der Waals surface area contributed by atoms with Crippen LogP contribution in [0.1, 0.15) is 61.1 Å². The number of nitrogens with zero attached hydrogens (tertiary/aromatic N) is 2. The van der Waals surface area contributed by atoms with E-state index >= 15 is 0 Å². The summed E-state index contributed by atoms with van der Waals surface area (Å²) in [6, 6.07) is 23.7. The largest absolute Gasteiger partial charge is 0.492 e. The maximum atomic E-state index is 6.01. The van der Waals surface area contributed by atoms with E-state index in [1.165, 1.54) is 34.3 Å². The average Bonchev–Trinajstić information content (AvgIpc) is 3.35. The van der Waals surface area contributed by atoms with Gasteiger partial charge in [-0.2, -0.15) is 5.10 Å². The molecule has 4 aromatic rings. The molecule has 1 aromatic heterocycles. The summed E-state index contributed by atoms with van der Waals surface area (Å²) >= 11 is 5.81. The molecule has 1 aliphatic heterocycles. The first kappa shape index (κ1) is 24.6. The van der Waals surface area contributed by atoms with Crippen molar-refractivity contribution in [3.8, 4) is 5.75 Å². The summed E-state index contributed by atoms with van der Waals surface area (Å²) in [5.74, 6) is 1.30. The van der Waals surface area contributed by atoms with Gasteiger partial charge >= 0.3 is 0 Å². The molecule has 3 aromatic carbocycles. The zero-order chi connectivity index (χ0) is 24.9. The molecule has 4 nitrogen and oxygen atoms in total. The number of ether oxygens (including phenoxy) is 2. The number of rotatable bonds is 8. The van der Waals surface area contributed by atoms with E-state index in [1.54, 1.807) is 0 Å². The zero-order valence-electron chi connectivity index (χ0n) is 21.0. The van der Waals surface area contributed by atoms with Crippen LogP contribution in [-0.2, 0) is 4.74 Å². The van der Waals surface area contributed by atoms with Crippen LogP contribution in [0.25, 0.3) is 22.0 Å². The van der Waals surface area contributed by atoms with Gasteiger partial charge in [0.05, 0.1) is 17.6 Å². The first-order valence-corrected chi connectivity index (χ1v) is 13.4. The minimum atomic E-state index is 0.0239. The molecule has 1 aliphatic rings. The van der Waals surface area contributed by atoms with Crippen LogP contribution < -0.4 is 4.74 Å². The topological polar surface area (TPSA) is 36.3 Å². The molecule has 0 bridgehead atoms. The predicted octanol–water partition coefficient (Wildman–Crippen LogP) is 8.03. The van der Waals surface area contributed by atoms with Gasteiger partial charge in [0.15, 0.2) is 6.23 Å². The first-order valence-electron chi connectivity index (χ1n) is 12.9. The molecular formula is C31H33ClN2O2. The summed E-state index contributed by atoms with van der Waals surface area (Å²) in [5.41, 5.74) is 8.57. The number of alkyl halides is 1. The standard InChI is InChI=1S/C31H33ClN2O2/c1-3-27(28-9-5-4-8-22(28)2)31(23-11-14-26(15-12-23)35-19-17-32)24-13-16-29-25(20-24)21-33-34(29)30-10-6-7-18-36-30/h4-5,8-9,11-16,20-21,30H,3,6-7,10,17-19H2,1-2H3/b31-27+. The van der Waals surface area contributed by atoms with Gasteiger partial charge in [0.2, 0.25) is 0 Å². The van der Waals surface area contributed by atoms with Crippen LogP contribution in [-0.4, -0.2) is 28.9 Å². The van der Waals surface area contributed by atoms with Crippen LogP contribution in [0.4, 0.5) is 0 Å². The molecular weight excluding hydrogens is 468 g/mol. The van der Waals surface area contributed by atoms with Crippen molar-refractivity contribution in [3.63, 3.8) is 0 Å². The number of fused-ring (bicyclic) bond motifs is 1. The third-order valence-electron chi connectivity index (χ3n) is 6.93. The van der Waals surface area contributed by atoms with E-state index in [2.05, 4.69) is 68.4 Å². The zero-order valence-corrected chi connectivity index (χ0v) is 21.8. The second kappa shape index (κ2) is 11.3. The maximum absolute atomic E-state index is 6.01. The summed E-state index contributed by atoms with van der Waals surface area (Å²) in [7, 11) is 0. The van der Waals surface area contributed by atoms with Crippen molar-refractivity contribution in [3.05, 3.63) is 95.2 Å². The van der Waals surface area contributed by atoms with Gasteiger partial charge < -0.3 is 9.47 Å².